The van der Waals surface area contributed by atoms with Crippen LogP contribution < -0.4 is 5.32 Å². The van der Waals surface area contributed by atoms with Crippen LogP contribution in [-0.4, -0.2) is 16.1 Å². The molecule has 0 saturated heterocycles. The monoisotopic (exact) mass is 371 g/mol. The van der Waals surface area contributed by atoms with Crippen LogP contribution in [0.15, 0.2) is 84.9 Å². The number of nitrogens with zero attached hydrogens (tertiary/aromatic N) is 2. The van der Waals surface area contributed by atoms with Crippen molar-refractivity contribution in [3.63, 3.8) is 0 Å². The second kappa shape index (κ2) is 7.93. The van der Waals surface area contributed by atoms with E-state index in [9.17, 15) is 4.79 Å². The third-order valence-electron chi connectivity index (χ3n) is 4.17. The number of rotatable bonds is 5. The molecule has 132 valence electrons. The molecule has 0 aliphatic heterocycles. The van der Waals surface area contributed by atoms with Gasteiger partial charge in [0.1, 0.15) is 5.01 Å². The molecule has 0 saturated carbocycles. The van der Waals surface area contributed by atoms with Crippen LogP contribution in [0.25, 0.3) is 10.6 Å². The van der Waals surface area contributed by atoms with Crippen molar-refractivity contribution in [3.05, 3.63) is 102 Å². The summed E-state index contributed by atoms with van der Waals surface area (Å²) < 4.78 is 0. The Morgan fingerprint density at radius 1 is 0.815 bits per heavy atom. The molecule has 27 heavy (non-hydrogen) atoms. The summed E-state index contributed by atoms with van der Waals surface area (Å²) in [6, 6.07) is 27.6. The zero-order valence-electron chi connectivity index (χ0n) is 14.5. The highest BCUT2D eigenvalue weighted by molar-refractivity contribution is 7.18. The summed E-state index contributed by atoms with van der Waals surface area (Å²) in [5.74, 6) is -0.169. The summed E-state index contributed by atoms with van der Waals surface area (Å²) in [6.07, 6.45) is 0.704. The zero-order valence-corrected chi connectivity index (χ0v) is 15.3. The summed E-state index contributed by atoms with van der Waals surface area (Å²) in [4.78, 5) is 12.8. The molecule has 5 heteroatoms. The fraction of sp³-hybridized carbons (Fsp3) is 0.0455. The van der Waals surface area contributed by atoms with Gasteiger partial charge in [-0.25, -0.2) is 0 Å². The number of carbonyl (C=O) groups is 1. The molecule has 4 rings (SSSR count). The van der Waals surface area contributed by atoms with E-state index in [0.29, 0.717) is 17.1 Å². The number of aromatic nitrogens is 2. The highest BCUT2D eigenvalue weighted by atomic mass is 32.1. The van der Waals surface area contributed by atoms with Crippen LogP contribution in [0.5, 0.6) is 0 Å². The van der Waals surface area contributed by atoms with Crippen molar-refractivity contribution in [1.82, 2.24) is 10.2 Å². The van der Waals surface area contributed by atoms with E-state index in [2.05, 4.69) is 27.6 Å². The first-order chi connectivity index (χ1) is 13.3. The third kappa shape index (κ3) is 4.10. The van der Waals surface area contributed by atoms with Crippen LogP contribution in [0.2, 0.25) is 0 Å². The summed E-state index contributed by atoms with van der Waals surface area (Å²) >= 11 is 1.36. The first kappa shape index (κ1) is 17.1. The van der Waals surface area contributed by atoms with E-state index >= 15 is 0 Å². The van der Waals surface area contributed by atoms with Gasteiger partial charge in [0.2, 0.25) is 5.13 Å². The Hall–Kier alpha value is -3.31. The quantitative estimate of drug-likeness (QED) is 0.534. The molecule has 1 N–H and O–H groups in total. The summed E-state index contributed by atoms with van der Waals surface area (Å²) in [5.41, 5.74) is 3.78. The molecular weight excluding hydrogens is 354 g/mol. The minimum Gasteiger partial charge on any atom is -0.296 e. The molecule has 4 aromatic rings. The molecule has 0 unspecified atom stereocenters. The predicted octanol–water partition coefficient (Wildman–Crippen LogP) is 5.05. The number of anilines is 1. The Morgan fingerprint density at radius 2 is 1.48 bits per heavy atom. The topological polar surface area (TPSA) is 54.9 Å². The van der Waals surface area contributed by atoms with E-state index in [1.54, 1.807) is 0 Å². The van der Waals surface area contributed by atoms with Gasteiger partial charge in [-0.15, -0.1) is 10.2 Å². The number of nitrogens with one attached hydrogen (secondary N) is 1. The number of benzene rings is 3. The van der Waals surface area contributed by atoms with E-state index in [-0.39, 0.29) is 5.91 Å². The lowest BCUT2D eigenvalue weighted by Gasteiger charge is -2.09. The molecule has 0 fully saturated rings. The maximum atomic E-state index is 12.8. The van der Waals surface area contributed by atoms with Gasteiger partial charge in [-0.05, 0) is 23.6 Å². The average molecular weight is 371 g/mol. The minimum atomic E-state index is -0.169. The van der Waals surface area contributed by atoms with Crippen molar-refractivity contribution in [1.29, 1.82) is 0 Å². The van der Waals surface area contributed by atoms with E-state index in [1.165, 1.54) is 16.9 Å². The van der Waals surface area contributed by atoms with Gasteiger partial charge in [0.05, 0.1) is 0 Å². The fourth-order valence-electron chi connectivity index (χ4n) is 2.85. The van der Waals surface area contributed by atoms with Crippen molar-refractivity contribution in [2.75, 3.05) is 5.32 Å². The lowest BCUT2D eigenvalue weighted by molar-refractivity contribution is 0.102. The van der Waals surface area contributed by atoms with Crippen LogP contribution in [0.3, 0.4) is 0 Å². The molecule has 0 bridgehead atoms. The molecule has 3 aromatic carbocycles. The Bertz CT molecular complexity index is 1050. The molecule has 4 nitrogen and oxygen atoms in total. The lowest BCUT2D eigenvalue weighted by atomic mass is 9.99. The molecule has 1 heterocycles. The second-order valence-corrected chi connectivity index (χ2v) is 7.03. The van der Waals surface area contributed by atoms with Crippen molar-refractivity contribution in [3.8, 4) is 10.6 Å². The molecule has 1 aromatic heterocycles. The van der Waals surface area contributed by atoms with Crippen LogP contribution in [0.4, 0.5) is 5.13 Å². The van der Waals surface area contributed by atoms with E-state index in [0.717, 1.165) is 16.1 Å². The van der Waals surface area contributed by atoms with E-state index in [4.69, 9.17) is 0 Å². The van der Waals surface area contributed by atoms with Crippen molar-refractivity contribution in [2.24, 2.45) is 0 Å². The van der Waals surface area contributed by atoms with Crippen molar-refractivity contribution < 1.29 is 4.79 Å². The highest BCUT2D eigenvalue weighted by Crippen LogP contribution is 2.26. The molecule has 0 aliphatic carbocycles. The predicted molar refractivity (Wildman–Crippen MR) is 109 cm³/mol. The van der Waals surface area contributed by atoms with Gasteiger partial charge in [0.15, 0.2) is 0 Å². The Morgan fingerprint density at radius 3 is 2.26 bits per heavy atom. The van der Waals surface area contributed by atoms with E-state index in [1.807, 2.05) is 72.8 Å². The fourth-order valence-corrected chi connectivity index (χ4v) is 3.59. The van der Waals surface area contributed by atoms with Crippen molar-refractivity contribution >= 4 is 22.4 Å². The zero-order chi connectivity index (χ0) is 18.5. The van der Waals surface area contributed by atoms with Crippen molar-refractivity contribution in [2.45, 2.75) is 6.42 Å². The molecule has 0 atom stereocenters. The molecule has 0 spiro atoms. The maximum Gasteiger partial charge on any atom is 0.257 e. The lowest BCUT2D eigenvalue weighted by Crippen LogP contribution is -2.14. The normalized spacial score (nSPS) is 10.5. The number of hydrogen-bond donors (Lipinski definition) is 1. The van der Waals surface area contributed by atoms with Gasteiger partial charge in [-0.1, -0.05) is 90.2 Å². The Kier molecular flexibility index (Phi) is 5.03. The number of hydrogen-bond acceptors (Lipinski definition) is 4. The molecule has 0 aliphatic rings. The summed E-state index contributed by atoms with van der Waals surface area (Å²) in [7, 11) is 0. The van der Waals surface area contributed by atoms with Gasteiger partial charge < -0.3 is 0 Å². The van der Waals surface area contributed by atoms with Crippen LogP contribution in [-0.2, 0) is 6.42 Å². The average Bonchev–Trinajstić information content (AvgIpc) is 3.18. The minimum absolute atomic E-state index is 0.169. The van der Waals surface area contributed by atoms with Crippen LogP contribution >= 0.6 is 11.3 Å². The van der Waals surface area contributed by atoms with Gasteiger partial charge in [-0.2, -0.15) is 0 Å². The maximum absolute atomic E-state index is 12.8. The third-order valence-corrected chi connectivity index (χ3v) is 5.05. The largest absolute Gasteiger partial charge is 0.296 e. The summed E-state index contributed by atoms with van der Waals surface area (Å²) in [6.45, 7) is 0. The number of carbonyl (C=O) groups excluding carboxylic acids is 1. The first-order valence-corrected chi connectivity index (χ1v) is 9.43. The SMILES string of the molecule is O=C(Nc1nnc(-c2ccccc2)s1)c1ccccc1Cc1ccccc1. The molecule has 0 radical (unpaired) electrons. The van der Waals surface area contributed by atoms with Gasteiger partial charge >= 0.3 is 0 Å². The second-order valence-electron chi connectivity index (χ2n) is 6.05. The van der Waals surface area contributed by atoms with Gasteiger partial charge in [0.25, 0.3) is 5.91 Å². The standard InChI is InChI=1S/C22H17N3OS/c26-20(23-22-25-24-21(27-22)17-11-5-2-6-12-17)19-14-8-7-13-18(19)15-16-9-3-1-4-10-16/h1-14H,15H2,(H,23,25,26). The van der Waals surface area contributed by atoms with Crippen LogP contribution in [0, 0.1) is 0 Å². The van der Waals surface area contributed by atoms with Crippen LogP contribution in [0.1, 0.15) is 21.5 Å². The number of amides is 1. The van der Waals surface area contributed by atoms with E-state index < -0.39 is 0 Å². The Balaban J connectivity index is 1.53. The smallest absolute Gasteiger partial charge is 0.257 e. The molecular formula is C22H17N3OS. The highest BCUT2D eigenvalue weighted by Gasteiger charge is 2.14. The summed E-state index contributed by atoms with van der Waals surface area (Å²) in [5, 5.41) is 12.4. The Labute approximate surface area is 161 Å². The first-order valence-electron chi connectivity index (χ1n) is 8.62. The molecule has 1 amide bonds. The van der Waals surface area contributed by atoms with Gasteiger partial charge in [-0.3, -0.25) is 10.1 Å². The van der Waals surface area contributed by atoms with Gasteiger partial charge in [0, 0.05) is 11.1 Å².